The molecule has 2 nitrogen and oxygen atoms in total. The molecule has 3 heteroatoms. The van der Waals surface area contributed by atoms with E-state index in [0.29, 0.717) is 0 Å². The van der Waals surface area contributed by atoms with Gasteiger partial charge in [0.1, 0.15) is 11.2 Å². The van der Waals surface area contributed by atoms with Crippen molar-refractivity contribution in [1.82, 2.24) is 4.57 Å². The Morgan fingerprint density at radius 1 is 0.488 bits per heavy atom. The number of hydrogen-bond acceptors (Lipinski definition) is 2. The first-order valence-corrected chi connectivity index (χ1v) is 14.7. The molecule has 3 aromatic heterocycles. The summed E-state index contributed by atoms with van der Waals surface area (Å²) < 4.78 is 11.2. The van der Waals surface area contributed by atoms with E-state index in [9.17, 15) is 0 Å². The van der Waals surface area contributed by atoms with E-state index in [1.165, 1.54) is 59.1 Å². The van der Waals surface area contributed by atoms with Crippen LogP contribution in [0, 0.1) is 0 Å². The van der Waals surface area contributed by atoms with Crippen LogP contribution in [0.2, 0.25) is 0 Å². The van der Waals surface area contributed by atoms with E-state index in [0.717, 1.165) is 21.9 Å². The van der Waals surface area contributed by atoms with Gasteiger partial charge in [0.05, 0.1) is 15.7 Å². The molecule has 0 saturated carbocycles. The minimum atomic E-state index is 0.921. The highest BCUT2D eigenvalue weighted by molar-refractivity contribution is 7.26. The number of rotatable bonds is 3. The quantitative estimate of drug-likeness (QED) is 0.217. The van der Waals surface area contributed by atoms with E-state index in [2.05, 4.69) is 132 Å². The molecule has 0 bridgehead atoms. The maximum atomic E-state index is 6.10. The number of benzene rings is 6. The number of nitrogens with zero attached hydrogens (tertiary/aromatic N) is 1. The van der Waals surface area contributed by atoms with Gasteiger partial charge in [0.25, 0.3) is 0 Å². The molecule has 0 aliphatic rings. The number of thiophene rings is 1. The summed E-state index contributed by atoms with van der Waals surface area (Å²) in [6.45, 7) is 0. The third-order valence-electron chi connectivity index (χ3n) is 8.22. The highest BCUT2D eigenvalue weighted by Gasteiger charge is 2.18. The maximum Gasteiger partial charge on any atom is 0.135 e. The molecule has 0 saturated heterocycles. The monoisotopic (exact) mass is 541 g/mol. The highest BCUT2D eigenvalue weighted by Crippen LogP contribution is 2.44. The van der Waals surface area contributed by atoms with Gasteiger partial charge < -0.3 is 8.98 Å². The Hall–Kier alpha value is -5.12. The van der Waals surface area contributed by atoms with Crippen LogP contribution in [0.25, 0.3) is 81.1 Å². The van der Waals surface area contributed by atoms with Gasteiger partial charge in [0.2, 0.25) is 0 Å². The zero-order chi connectivity index (χ0) is 26.9. The summed E-state index contributed by atoms with van der Waals surface area (Å²) in [6.07, 6.45) is 0. The molecule has 9 rings (SSSR count). The molecular formula is C38H23NOS. The van der Waals surface area contributed by atoms with Crippen LogP contribution in [-0.2, 0) is 0 Å². The molecule has 0 fully saturated rings. The third-order valence-corrected chi connectivity index (χ3v) is 9.39. The molecule has 0 unspecified atom stereocenters. The van der Waals surface area contributed by atoms with E-state index in [1.807, 2.05) is 23.5 Å². The lowest BCUT2D eigenvalue weighted by Gasteiger charge is -2.11. The molecule has 0 spiro atoms. The SMILES string of the molecule is c1ccc(-n2c3ccccc3c3sc4cc(-c5ccccc5-c5ccc6oc7ccccc7c6c5)ccc4c32)cc1. The second kappa shape index (κ2) is 8.69. The zero-order valence-corrected chi connectivity index (χ0v) is 22.9. The molecule has 0 N–H and O–H groups in total. The summed E-state index contributed by atoms with van der Waals surface area (Å²) in [5, 5.41) is 4.89. The predicted octanol–water partition coefficient (Wildman–Crippen LogP) is 11.2. The lowest BCUT2D eigenvalue weighted by atomic mass is 9.93. The molecule has 6 aromatic carbocycles. The fourth-order valence-corrected chi connectivity index (χ4v) is 7.62. The number of hydrogen-bond donors (Lipinski definition) is 0. The fraction of sp³-hybridized carbons (Fsp3) is 0. The Morgan fingerprint density at radius 2 is 1.15 bits per heavy atom. The van der Waals surface area contributed by atoms with Crippen LogP contribution < -0.4 is 0 Å². The highest BCUT2D eigenvalue weighted by atomic mass is 32.1. The van der Waals surface area contributed by atoms with E-state index >= 15 is 0 Å². The van der Waals surface area contributed by atoms with Crippen LogP contribution in [0.1, 0.15) is 0 Å². The van der Waals surface area contributed by atoms with Crippen molar-refractivity contribution in [3.05, 3.63) is 140 Å². The Balaban J connectivity index is 1.25. The predicted molar refractivity (Wildman–Crippen MR) is 174 cm³/mol. The first-order chi connectivity index (χ1) is 20.3. The summed E-state index contributed by atoms with van der Waals surface area (Å²) in [5.74, 6) is 0. The Bertz CT molecular complexity index is 2420. The zero-order valence-electron chi connectivity index (χ0n) is 22.0. The second-order valence-electron chi connectivity index (χ2n) is 10.5. The van der Waals surface area contributed by atoms with Crippen molar-refractivity contribution in [3.63, 3.8) is 0 Å². The van der Waals surface area contributed by atoms with Crippen LogP contribution in [0.3, 0.4) is 0 Å². The number of furan rings is 1. The van der Waals surface area contributed by atoms with E-state index in [4.69, 9.17) is 4.42 Å². The van der Waals surface area contributed by atoms with Gasteiger partial charge in [-0.25, -0.2) is 0 Å². The average Bonchev–Trinajstić information content (AvgIpc) is 3.69. The summed E-state index contributed by atoms with van der Waals surface area (Å²) in [7, 11) is 0. The molecule has 41 heavy (non-hydrogen) atoms. The Labute approximate surface area is 240 Å². The van der Waals surface area contributed by atoms with Crippen molar-refractivity contribution >= 4 is 64.5 Å². The van der Waals surface area contributed by atoms with Gasteiger partial charge >= 0.3 is 0 Å². The summed E-state index contributed by atoms with van der Waals surface area (Å²) in [6, 6.07) is 50.0. The van der Waals surface area contributed by atoms with Crippen molar-refractivity contribution < 1.29 is 4.42 Å². The Morgan fingerprint density at radius 3 is 2.00 bits per heavy atom. The molecule has 0 amide bonds. The lowest BCUT2D eigenvalue weighted by molar-refractivity contribution is 0.669. The van der Waals surface area contributed by atoms with E-state index < -0.39 is 0 Å². The van der Waals surface area contributed by atoms with Crippen molar-refractivity contribution in [2.45, 2.75) is 0 Å². The van der Waals surface area contributed by atoms with E-state index in [1.54, 1.807) is 0 Å². The van der Waals surface area contributed by atoms with Gasteiger partial charge in [-0.05, 0) is 64.7 Å². The summed E-state index contributed by atoms with van der Waals surface area (Å²) in [4.78, 5) is 0. The van der Waals surface area contributed by atoms with Crippen LogP contribution in [-0.4, -0.2) is 4.57 Å². The van der Waals surface area contributed by atoms with Crippen LogP contribution in [0.4, 0.5) is 0 Å². The lowest BCUT2D eigenvalue weighted by Crippen LogP contribution is -1.92. The molecule has 0 radical (unpaired) electrons. The molecular weight excluding hydrogens is 518 g/mol. The number of fused-ring (bicyclic) bond motifs is 8. The number of aromatic nitrogens is 1. The van der Waals surface area contributed by atoms with Gasteiger partial charge in [0.15, 0.2) is 0 Å². The molecule has 3 heterocycles. The third kappa shape index (κ3) is 3.36. The van der Waals surface area contributed by atoms with E-state index in [-0.39, 0.29) is 0 Å². The van der Waals surface area contributed by atoms with Crippen molar-refractivity contribution in [2.24, 2.45) is 0 Å². The van der Waals surface area contributed by atoms with Crippen molar-refractivity contribution in [2.75, 3.05) is 0 Å². The maximum absolute atomic E-state index is 6.10. The van der Waals surface area contributed by atoms with Crippen LogP contribution in [0.5, 0.6) is 0 Å². The smallest absolute Gasteiger partial charge is 0.135 e. The summed E-state index contributed by atoms with van der Waals surface area (Å²) >= 11 is 1.89. The van der Waals surface area contributed by atoms with Gasteiger partial charge in [-0.2, -0.15) is 0 Å². The number of para-hydroxylation sites is 3. The first kappa shape index (κ1) is 22.7. The second-order valence-corrected chi connectivity index (χ2v) is 11.6. The molecule has 0 atom stereocenters. The minimum absolute atomic E-state index is 0.921. The normalized spacial score (nSPS) is 11.9. The molecule has 192 valence electrons. The van der Waals surface area contributed by atoms with Crippen molar-refractivity contribution in [3.8, 4) is 27.9 Å². The molecule has 0 aliphatic heterocycles. The van der Waals surface area contributed by atoms with Gasteiger partial charge in [-0.3, -0.25) is 0 Å². The standard InChI is InChI=1S/C38H23NOS/c1-2-10-26(11-3-1)39-33-16-8-6-15-30(33)38-37(39)31-20-18-25(23-36(31)41-38)28-13-5-4-12-27(28)24-19-21-35-32(22-24)29-14-7-9-17-34(29)40-35/h1-23H. The average molecular weight is 542 g/mol. The van der Waals surface area contributed by atoms with Gasteiger partial charge in [-0.1, -0.05) is 97.1 Å². The Kier molecular flexibility index (Phi) is 4.80. The summed E-state index contributed by atoms with van der Waals surface area (Å²) in [5.41, 5.74) is 10.4. The van der Waals surface area contributed by atoms with Crippen LogP contribution >= 0.6 is 11.3 Å². The van der Waals surface area contributed by atoms with Crippen molar-refractivity contribution in [1.29, 1.82) is 0 Å². The van der Waals surface area contributed by atoms with Gasteiger partial charge in [-0.15, -0.1) is 11.3 Å². The fourth-order valence-electron chi connectivity index (χ4n) is 6.36. The molecule has 0 aliphatic carbocycles. The topological polar surface area (TPSA) is 18.1 Å². The minimum Gasteiger partial charge on any atom is -0.456 e. The molecule has 9 aromatic rings. The first-order valence-electron chi connectivity index (χ1n) is 13.9. The van der Waals surface area contributed by atoms with Crippen LogP contribution in [0.15, 0.2) is 144 Å². The largest absolute Gasteiger partial charge is 0.456 e. The van der Waals surface area contributed by atoms with Gasteiger partial charge in [0, 0.05) is 31.9 Å².